The molecule has 1 unspecified atom stereocenters. The van der Waals surface area contributed by atoms with Crippen molar-refractivity contribution in [1.82, 2.24) is 9.88 Å². The van der Waals surface area contributed by atoms with Crippen LogP contribution < -0.4 is 5.73 Å². The zero-order valence-electron chi connectivity index (χ0n) is 11.6. The first-order chi connectivity index (χ1) is 10.1. The van der Waals surface area contributed by atoms with Crippen molar-refractivity contribution in [3.05, 3.63) is 45.7 Å². The molecule has 1 saturated heterocycles. The van der Waals surface area contributed by atoms with Crippen molar-refractivity contribution in [2.45, 2.75) is 31.8 Å². The fourth-order valence-corrected chi connectivity index (χ4v) is 3.84. The molecular formula is C15H17ClFN3S. The molecule has 1 aromatic carbocycles. The lowest BCUT2D eigenvalue weighted by Gasteiger charge is -2.24. The summed E-state index contributed by atoms with van der Waals surface area (Å²) in [4.78, 5) is 7.61. The maximum atomic E-state index is 13.9. The van der Waals surface area contributed by atoms with Crippen LogP contribution in [0.3, 0.4) is 0 Å². The average molecular weight is 326 g/mol. The van der Waals surface area contributed by atoms with Crippen LogP contribution in [0.25, 0.3) is 0 Å². The normalized spacial score (nSPS) is 19.2. The van der Waals surface area contributed by atoms with Crippen LogP contribution in [0.5, 0.6) is 0 Å². The molecule has 2 aromatic rings. The minimum absolute atomic E-state index is 0.212. The van der Waals surface area contributed by atoms with Gasteiger partial charge in [-0.15, -0.1) is 11.3 Å². The van der Waals surface area contributed by atoms with E-state index in [2.05, 4.69) is 9.88 Å². The molecular weight excluding hydrogens is 309 g/mol. The number of nitrogens with zero attached hydrogens (tertiary/aromatic N) is 2. The van der Waals surface area contributed by atoms with Crippen LogP contribution in [-0.2, 0) is 13.0 Å². The number of likely N-dealkylation sites (tertiary alicyclic amines) is 1. The summed E-state index contributed by atoms with van der Waals surface area (Å²) < 4.78 is 13.9. The molecule has 1 fully saturated rings. The second kappa shape index (κ2) is 6.30. The standard InChI is InChI=1S/C15H17ClFN3S/c16-13-4-1-5-14(17)12(13)7-10-3-2-6-20(10)9-11-8-19-15(18)21-11/h1,4-5,8,10H,2-3,6-7,9H2,(H2,18,19). The van der Waals surface area contributed by atoms with Crippen LogP contribution in [0.15, 0.2) is 24.4 Å². The van der Waals surface area contributed by atoms with Gasteiger partial charge in [0.25, 0.3) is 0 Å². The largest absolute Gasteiger partial charge is 0.375 e. The van der Waals surface area contributed by atoms with Crippen LogP contribution in [0, 0.1) is 5.82 Å². The van der Waals surface area contributed by atoms with Crippen molar-refractivity contribution in [2.24, 2.45) is 0 Å². The molecule has 112 valence electrons. The molecule has 1 atom stereocenters. The summed E-state index contributed by atoms with van der Waals surface area (Å²) in [6, 6.07) is 5.20. The molecule has 3 nitrogen and oxygen atoms in total. The van der Waals surface area contributed by atoms with Gasteiger partial charge in [0.2, 0.25) is 0 Å². The molecule has 3 rings (SSSR count). The van der Waals surface area contributed by atoms with Crippen molar-refractivity contribution in [3.63, 3.8) is 0 Å². The third kappa shape index (κ3) is 3.36. The van der Waals surface area contributed by atoms with Gasteiger partial charge in [0.1, 0.15) is 5.82 Å². The highest BCUT2D eigenvalue weighted by molar-refractivity contribution is 7.15. The molecule has 0 saturated carbocycles. The Morgan fingerprint density at radius 2 is 2.33 bits per heavy atom. The van der Waals surface area contributed by atoms with Gasteiger partial charge >= 0.3 is 0 Å². The van der Waals surface area contributed by atoms with E-state index in [-0.39, 0.29) is 5.82 Å². The molecule has 2 heterocycles. The van der Waals surface area contributed by atoms with Crippen LogP contribution in [0.4, 0.5) is 9.52 Å². The van der Waals surface area contributed by atoms with Gasteiger partial charge in [-0.1, -0.05) is 17.7 Å². The van der Waals surface area contributed by atoms with Gasteiger partial charge in [0.15, 0.2) is 5.13 Å². The highest BCUT2D eigenvalue weighted by atomic mass is 35.5. The maximum Gasteiger partial charge on any atom is 0.180 e. The molecule has 1 aliphatic rings. The van der Waals surface area contributed by atoms with Crippen LogP contribution in [0.1, 0.15) is 23.3 Å². The zero-order chi connectivity index (χ0) is 14.8. The molecule has 0 aliphatic carbocycles. The third-order valence-corrected chi connectivity index (χ3v) is 5.10. The van der Waals surface area contributed by atoms with E-state index in [1.54, 1.807) is 12.1 Å². The Morgan fingerprint density at radius 3 is 3.05 bits per heavy atom. The van der Waals surface area contributed by atoms with Gasteiger partial charge < -0.3 is 5.73 Å². The first-order valence-electron chi connectivity index (χ1n) is 7.00. The molecule has 21 heavy (non-hydrogen) atoms. The Hall–Kier alpha value is -1.17. The molecule has 0 radical (unpaired) electrons. The number of benzene rings is 1. The fourth-order valence-electron chi connectivity index (χ4n) is 2.89. The summed E-state index contributed by atoms with van der Waals surface area (Å²) >= 11 is 7.65. The van der Waals surface area contributed by atoms with E-state index in [0.29, 0.717) is 28.2 Å². The Kier molecular flexibility index (Phi) is 4.42. The summed E-state index contributed by atoms with van der Waals surface area (Å²) in [5, 5.41) is 1.11. The van der Waals surface area contributed by atoms with Crippen LogP contribution in [0.2, 0.25) is 5.02 Å². The minimum Gasteiger partial charge on any atom is -0.375 e. The molecule has 0 spiro atoms. The van der Waals surface area contributed by atoms with Gasteiger partial charge in [-0.05, 0) is 37.9 Å². The Bertz CT molecular complexity index is 611. The van der Waals surface area contributed by atoms with E-state index < -0.39 is 0 Å². The number of aromatic nitrogens is 1. The Balaban J connectivity index is 1.72. The molecule has 0 amide bonds. The van der Waals surface area contributed by atoms with Gasteiger partial charge in [0, 0.05) is 34.2 Å². The SMILES string of the molecule is Nc1ncc(CN2CCCC2Cc2c(F)cccc2Cl)s1. The van der Waals surface area contributed by atoms with E-state index in [4.69, 9.17) is 17.3 Å². The van der Waals surface area contributed by atoms with Crippen LogP contribution in [-0.4, -0.2) is 22.5 Å². The third-order valence-electron chi connectivity index (χ3n) is 3.93. The fraction of sp³-hybridized carbons (Fsp3) is 0.400. The average Bonchev–Trinajstić information content (AvgIpc) is 3.04. The molecule has 6 heteroatoms. The lowest BCUT2D eigenvalue weighted by Crippen LogP contribution is -2.30. The van der Waals surface area contributed by atoms with Crippen molar-refractivity contribution in [2.75, 3.05) is 12.3 Å². The number of anilines is 1. The van der Waals surface area contributed by atoms with Crippen molar-refractivity contribution < 1.29 is 4.39 Å². The molecule has 0 bridgehead atoms. The quantitative estimate of drug-likeness (QED) is 0.931. The number of hydrogen-bond acceptors (Lipinski definition) is 4. The van der Waals surface area contributed by atoms with E-state index in [9.17, 15) is 4.39 Å². The molecule has 1 aromatic heterocycles. The predicted molar refractivity (Wildman–Crippen MR) is 85.1 cm³/mol. The van der Waals surface area contributed by atoms with Crippen molar-refractivity contribution >= 4 is 28.1 Å². The number of halogens is 2. The number of nitrogen functional groups attached to an aromatic ring is 1. The van der Waals surface area contributed by atoms with E-state index in [1.165, 1.54) is 17.4 Å². The smallest absolute Gasteiger partial charge is 0.180 e. The van der Waals surface area contributed by atoms with Gasteiger partial charge in [-0.3, -0.25) is 4.90 Å². The summed E-state index contributed by atoms with van der Waals surface area (Å²) in [7, 11) is 0. The first-order valence-corrected chi connectivity index (χ1v) is 8.20. The minimum atomic E-state index is -0.212. The van der Waals surface area contributed by atoms with Gasteiger partial charge in [0.05, 0.1) is 0 Å². The number of rotatable bonds is 4. The van der Waals surface area contributed by atoms with Crippen LogP contribution >= 0.6 is 22.9 Å². The first kappa shape index (κ1) is 14.8. The van der Waals surface area contributed by atoms with Gasteiger partial charge in [-0.25, -0.2) is 9.37 Å². The predicted octanol–water partition coefficient (Wildman–Crippen LogP) is 3.72. The highest BCUT2D eigenvalue weighted by Crippen LogP contribution is 2.28. The molecule has 2 N–H and O–H groups in total. The monoisotopic (exact) mass is 325 g/mol. The van der Waals surface area contributed by atoms with E-state index in [1.807, 2.05) is 6.20 Å². The zero-order valence-corrected chi connectivity index (χ0v) is 13.1. The van der Waals surface area contributed by atoms with E-state index >= 15 is 0 Å². The lowest BCUT2D eigenvalue weighted by atomic mass is 10.0. The maximum absolute atomic E-state index is 13.9. The van der Waals surface area contributed by atoms with E-state index in [0.717, 1.165) is 30.8 Å². The summed E-state index contributed by atoms with van der Waals surface area (Å²) in [5.41, 5.74) is 6.30. The summed E-state index contributed by atoms with van der Waals surface area (Å²) in [6.45, 7) is 1.85. The number of hydrogen-bond donors (Lipinski definition) is 1. The summed E-state index contributed by atoms with van der Waals surface area (Å²) in [6.07, 6.45) is 4.68. The Labute approximate surface area is 132 Å². The summed E-state index contributed by atoms with van der Waals surface area (Å²) in [5.74, 6) is -0.212. The number of thiazole rings is 1. The highest BCUT2D eigenvalue weighted by Gasteiger charge is 2.26. The lowest BCUT2D eigenvalue weighted by molar-refractivity contribution is 0.244. The second-order valence-electron chi connectivity index (χ2n) is 5.34. The Morgan fingerprint density at radius 1 is 1.48 bits per heavy atom. The molecule has 1 aliphatic heterocycles. The number of nitrogens with two attached hydrogens (primary N) is 1. The van der Waals surface area contributed by atoms with Crippen molar-refractivity contribution in [1.29, 1.82) is 0 Å². The van der Waals surface area contributed by atoms with Gasteiger partial charge in [-0.2, -0.15) is 0 Å². The topological polar surface area (TPSA) is 42.1 Å². The second-order valence-corrected chi connectivity index (χ2v) is 6.89. The van der Waals surface area contributed by atoms with Crippen molar-refractivity contribution in [3.8, 4) is 0 Å².